The summed E-state index contributed by atoms with van der Waals surface area (Å²) in [5, 5.41) is 8.92. The fraction of sp³-hybridized carbons (Fsp3) is 0.583. The second-order valence-corrected chi connectivity index (χ2v) is 4.79. The molecule has 1 fully saturated rings. The van der Waals surface area contributed by atoms with Crippen LogP contribution in [0.3, 0.4) is 0 Å². The molecule has 0 saturated heterocycles. The Labute approximate surface area is 85.3 Å². The number of aliphatic carboxylic acids is 1. The van der Waals surface area contributed by atoms with E-state index in [4.69, 9.17) is 5.11 Å². The molecule has 14 heavy (non-hydrogen) atoms. The van der Waals surface area contributed by atoms with Crippen LogP contribution >= 0.6 is 0 Å². The molecule has 1 saturated carbocycles. The molecule has 78 valence electrons. The first-order valence-corrected chi connectivity index (χ1v) is 4.92. The molecule has 1 aliphatic carbocycles. The molecule has 2 unspecified atom stereocenters. The monoisotopic (exact) mass is 194 g/mol. The zero-order chi connectivity index (χ0) is 10.9. The zero-order valence-corrected chi connectivity index (χ0v) is 9.24. The molecule has 0 amide bonds. The van der Waals surface area contributed by atoms with Gasteiger partial charge in [0.1, 0.15) is 0 Å². The van der Waals surface area contributed by atoms with Gasteiger partial charge in [-0.2, -0.15) is 0 Å². The number of carboxylic acid groups (broad SMARTS) is 1. The van der Waals surface area contributed by atoms with Gasteiger partial charge in [-0.15, -0.1) is 0 Å². The maximum atomic E-state index is 10.8. The Morgan fingerprint density at radius 1 is 1.36 bits per heavy atom. The molecule has 2 heteroatoms. The van der Waals surface area contributed by atoms with Crippen molar-refractivity contribution < 1.29 is 9.90 Å². The van der Waals surface area contributed by atoms with Gasteiger partial charge in [-0.25, -0.2) is 0 Å². The Bertz CT molecular complexity index is 293. The van der Waals surface area contributed by atoms with Gasteiger partial charge in [0.2, 0.25) is 0 Å². The minimum atomic E-state index is -0.679. The normalized spacial score (nSPS) is 28.9. The van der Waals surface area contributed by atoms with Crippen molar-refractivity contribution in [2.45, 2.75) is 27.7 Å². The van der Waals surface area contributed by atoms with Crippen molar-refractivity contribution in [2.75, 3.05) is 0 Å². The first-order valence-electron chi connectivity index (χ1n) is 4.92. The van der Waals surface area contributed by atoms with Crippen LogP contribution in [0.15, 0.2) is 23.8 Å². The molecule has 0 heterocycles. The highest BCUT2D eigenvalue weighted by Crippen LogP contribution is 2.58. The van der Waals surface area contributed by atoms with Gasteiger partial charge in [0, 0.05) is 0 Å². The van der Waals surface area contributed by atoms with E-state index in [2.05, 4.69) is 0 Å². The van der Waals surface area contributed by atoms with E-state index in [-0.39, 0.29) is 17.3 Å². The first-order chi connectivity index (χ1) is 6.37. The third-order valence-electron chi connectivity index (χ3n) is 2.92. The summed E-state index contributed by atoms with van der Waals surface area (Å²) in [6, 6.07) is 0. The molecular weight excluding hydrogens is 176 g/mol. The molecule has 0 bridgehead atoms. The van der Waals surface area contributed by atoms with Crippen LogP contribution in [0, 0.1) is 17.3 Å². The topological polar surface area (TPSA) is 37.3 Å². The van der Waals surface area contributed by atoms with E-state index in [0.29, 0.717) is 0 Å². The Hall–Kier alpha value is -1.05. The number of hydrogen-bond acceptors (Lipinski definition) is 1. The predicted octanol–water partition coefficient (Wildman–Crippen LogP) is 2.87. The van der Waals surface area contributed by atoms with E-state index in [1.54, 1.807) is 0 Å². The summed E-state index contributed by atoms with van der Waals surface area (Å²) in [6.07, 6.45) is 5.98. The van der Waals surface area contributed by atoms with Crippen LogP contribution in [0.25, 0.3) is 0 Å². The zero-order valence-electron chi connectivity index (χ0n) is 9.24. The number of carboxylic acids is 1. The van der Waals surface area contributed by atoms with Crippen LogP contribution in [0.4, 0.5) is 0 Å². The number of hydrogen-bond donors (Lipinski definition) is 1. The molecule has 1 rings (SSSR count). The summed E-state index contributed by atoms with van der Waals surface area (Å²) in [5.41, 5.74) is 1.16. The lowest BCUT2D eigenvalue weighted by molar-refractivity contribution is -0.139. The molecule has 0 radical (unpaired) electrons. The van der Waals surface area contributed by atoms with E-state index in [1.165, 1.54) is 5.57 Å². The van der Waals surface area contributed by atoms with Crippen molar-refractivity contribution >= 4 is 5.97 Å². The Balaban J connectivity index is 2.62. The number of allylic oxidation sites excluding steroid dienone is 4. The Kier molecular flexibility index (Phi) is 2.84. The van der Waals surface area contributed by atoms with E-state index < -0.39 is 5.97 Å². The molecule has 0 spiro atoms. The first kappa shape index (κ1) is 11.0. The molecule has 0 aromatic carbocycles. The van der Waals surface area contributed by atoms with Crippen molar-refractivity contribution in [2.24, 2.45) is 17.3 Å². The second-order valence-electron chi connectivity index (χ2n) is 4.79. The van der Waals surface area contributed by atoms with Crippen molar-refractivity contribution in [3.05, 3.63) is 23.8 Å². The summed E-state index contributed by atoms with van der Waals surface area (Å²) in [4.78, 5) is 10.8. The van der Waals surface area contributed by atoms with Crippen molar-refractivity contribution in [3.8, 4) is 0 Å². The highest BCUT2D eigenvalue weighted by atomic mass is 16.4. The molecule has 2 nitrogen and oxygen atoms in total. The molecule has 1 aliphatic rings. The largest absolute Gasteiger partial charge is 0.481 e. The third kappa shape index (κ3) is 2.06. The Morgan fingerprint density at radius 3 is 2.29 bits per heavy atom. The van der Waals surface area contributed by atoms with Crippen LogP contribution < -0.4 is 0 Å². The summed E-state index contributed by atoms with van der Waals surface area (Å²) in [6.45, 7) is 8.06. The lowest BCUT2D eigenvalue weighted by atomic mass is 10.1. The smallest absolute Gasteiger partial charge is 0.307 e. The van der Waals surface area contributed by atoms with E-state index >= 15 is 0 Å². The number of rotatable bonds is 3. The van der Waals surface area contributed by atoms with Gasteiger partial charge in [0.15, 0.2) is 0 Å². The SMILES string of the molecule is CC(C)=C/C=C/C1C(C(=O)O)C1(C)C. The van der Waals surface area contributed by atoms with Crippen LogP contribution in [0.1, 0.15) is 27.7 Å². The average Bonchev–Trinajstić information content (AvgIpc) is 2.52. The lowest BCUT2D eigenvalue weighted by Crippen LogP contribution is -2.02. The van der Waals surface area contributed by atoms with Crippen LogP contribution in [0.2, 0.25) is 0 Å². The second kappa shape index (κ2) is 3.60. The van der Waals surface area contributed by atoms with E-state index in [0.717, 1.165) is 0 Å². The van der Waals surface area contributed by atoms with Gasteiger partial charge in [0.05, 0.1) is 5.92 Å². The molecule has 0 aliphatic heterocycles. The van der Waals surface area contributed by atoms with Crippen molar-refractivity contribution in [3.63, 3.8) is 0 Å². The number of carbonyl (C=O) groups is 1. The van der Waals surface area contributed by atoms with Gasteiger partial charge in [-0.05, 0) is 25.2 Å². The van der Waals surface area contributed by atoms with Crippen molar-refractivity contribution in [1.29, 1.82) is 0 Å². The highest BCUT2D eigenvalue weighted by molar-refractivity contribution is 5.76. The average molecular weight is 194 g/mol. The van der Waals surface area contributed by atoms with E-state index in [9.17, 15) is 4.79 Å². The van der Waals surface area contributed by atoms with Crippen molar-refractivity contribution in [1.82, 2.24) is 0 Å². The molecule has 2 atom stereocenters. The van der Waals surface area contributed by atoms with Gasteiger partial charge in [-0.3, -0.25) is 4.79 Å². The van der Waals surface area contributed by atoms with Crippen LogP contribution in [-0.2, 0) is 4.79 Å². The summed E-state index contributed by atoms with van der Waals surface area (Å²) < 4.78 is 0. The van der Waals surface area contributed by atoms with E-state index in [1.807, 2.05) is 45.9 Å². The standard InChI is InChI=1S/C12H18O2/c1-8(2)6-5-7-9-10(11(13)14)12(9,3)4/h5-7,9-10H,1-4H3,(H,13,14)/b7-5+. The summed E-state index contributed by atoms with van der Waals surface area (Å²) in [7, 11) is 0. The predicted molar refractivity (Wildman–Crippen MR) is 57.0 cm³/mol. The quantitative estimate of drug-likeness (QED) is 0.701. The summed E-state index contributed by atoms with van der Waals surface area (Å²) in [5.74, 6) is -0.693. The minimum Gasteiger partial charge on any atom is -0.481 e. The van der Waals surface area contributed by atoms with Crippen LogP contribution in [0.5, 0.6) is 0 Å². The fourth-order valence-corrected chi connectivity index (χ4v) is 1.88. The molecule has 0 aromatic heterocycles. The molecule has 0 aromatic rings. The summed E-state index contributed by atoms with van der Waals surface area (Å²) >= 11 is 0. The minimum absolute atomic E-state index is 0.0716. The highest BCUT2D eigenvalue weighted by Gasteiger charge is 2.60. The molecule has 1 N–H and O–H groups in total. The maximum Gasteiger partial charge on any atom is 0.307 e. The van der Waals surface area contributed by atoms with Gasteiger partial charge in [0.25, 0.3) is 0 Å². The van der Waals surface area contributed by atoms with Crippen LogP contribution in [-0.4, -0.2) is 11.1 Å². The van der Waals surface area contributed by atoms with Gasteiger partial charge in [-0.1, -0.05) is 37.6 Å². The maximum absolute atomic E-state index is 10.8. The molecular formula is C12H18O2. The fourth-order valence-electron chi connectivity index (χ4n) is 1.88. The van der Waals surface area contributed by atoms with Gasteiger partial charge >= 0.3 is 5.97 Å². The lowest BCUT2D eigenvalue weighted by Gasteiger charge is -1.96. The third-order valence-corrected chi connectivity index (χ3v) is 2.92. The van der Waals surface area contributed by atoms with Gasteiger partial charge < -0.3 is 5.11 Å². The Morgan fingerprint density at radius 2 is 1.93 bits per heavy atom.